The molecule has 0 radical (unpaired) electrons. The van der Waals surface area contributed by atoms with Crippen molar-refractivity contribution in [2.24, 2.45) is 0 Å². The normalized spacial score (nSPS) is 10.3. The van der Waals surface area contributed by atoms with Crippen molar-refractivity contribution in [3.8, 4) is 0 Å². The van der Waals surface area contributed by atoms with E-state index >= 15 is 0 Å². The van der Waals surface area contributed by atoms with E-state index in [-0.39, 0.29) is 5.82 Å². The number of rotatable bonds is 6. The van der Waals surface area contributed by atoms with Crippen molar-refractivity contribution >= 4 is 11.4 Å². The van der Waals surface area contributed by atoms with Crippen molar-refractivity contribution in [3.05, 3.63) is 59.4 Å². The topological polar surface area (TPSA) is 24.1 Å². The summed E-state index contributed by atoms with van der Waals surface area (Å²) in [7, 11) is 0. The highest BCUT2D eigenvalue weighted by Gasteiger charge is 2.02. The first-order chi connectivity index (χ1) is 9.70. The van der Waals surface area contributed by atoms with Crippen molar-refractivity contribution in [2.45, 2.75) is 20.3 Å². The van der Waals surface area contributed by atoms with Crippen molar-refractivity contribution in [2.75, 3.05) is 23.7 Å². The quantitative estimate of drug-likeness (QED) is 0.769. The van der Waals surface area contributed by atoms with E-state index in [1.807, 2.05) is 0 Å². The number of benzene rings is 2. The van der Waals surface area contributed by atoms with Gasteiger partial charge in [0.1, 0.15) is 5.82 Å². The van der Waals surface area contributed by atoms with Gasteiger partial charge in [-0.3, -0.25) is 0 Å². The summed E-state index contributed by atoms with van der Waals surface area (Å²) < 4.78 is 12.8. The second kappa shape index (κ2) is 6.94. The maximum atomic E-state index is 12.8. The van der Waals surface area contributed by atoms with E-state index in [1.54, 1.807) is 12.1 Å². The molecule has 0 aliphatic rings. The average molecular weight is 272 g/mol. The second-order valence-corrected chi connectivity index (χ2v) is 4.82. The summed E-state index contributed by atoms with van der Waals surface area (Å²) in [6, 6.07) is 12.8. The zero-order valence-electron chi connectivity index (χ0n) is 12.0. The minimum Gasteiger partial charge on any atom is -0.383 e. The van der Waals surface area contributed by atoms with E-state index in [2.05, 4.69) is 42.7 Å². The molecule has 0 aromatic heterocycles. The van der Waals surface area contributed by atoms with E-state index in [0.717, 1.165) is 25.2 Å². The largest absolute Gasteiger partial charge is 0.383 e. The Morgan fingerprint density at radius 1 is 0.950 bits per heavy atom. The van der Waals surface area contributed by atoms with E-state index < -0.39 is 0 Å². The summed E-state index contributed by atoms with van der Waals surface area (Å²) in [4.78, 5) is 0. The van der Waals surface area contributed by atoms with Gasteiger partial charge >= 0.3 is 0 Å². The Morgan fingerprint density at radius 2 is 1.65 bits per heavy atom. The van der Waals surface area contributed by atoms with Crippen LogP contribution in [0.1, 0.15) is 18.1 Å². The van der Waals surface area contributed by atoms with E-state index in [4.69, 9.17) is 0 Å². The predicted molar refractivity (Wildman–Crippen MR) is 83.9 cm³/mol. The number of para-hydroxylation sites is 1. The molecule has 2 rings (SSSR count). The number of halogens is 1. The Bertz CT molecular complexity index is 549. The molecular formula is C17H21FN2. The van der Waals surface area contributed by atoms with Gasteiger partial charge in [-0.25, -0.2) is 4.39 Å². The molecule has 106 valence electrons. The minimum atomic E-state index is -0.207. The Labute approximate surface area is 120 Å². The number of hydrogen-bond acceptors (Lipinski definition) is 2. The first-order valence-electron chi connectivity index (χ1n) is 7.02. The molecule has 0 heterocycles. The Hall–Kier alpha value is -2.03. The SMILES string of the molecule is CCc1cccc(C)c1NCCNc1ccc(F)cc1. The van der Waals surface area contributed by atoms with Gasteiger partial charge in [-0.1, -0.05) is 25.1 Å². The Kier molecular flexibility index (Phi) is 4.99. The monoisotopic (exact) mass is 272 g/mol. The maximum Gasteiger partial charge on any atom is 0.123 e. The van der Waals surface area contributed by atoms with Crippen LogP contribution >= 0.6 is 0 Å². The van der Waals surface area contributed by atoms with E-state index in [9.17, 15) is 4.39 Å². The lowest BCUT2D eigenvalue weighted by molar-refractivity contribution is 0.628. The van der Waals surface area contributed by atoms with Crippen LogP contribution in [0.4, 0.5) is 15.8 Å². The number of aryl methyl sites for hydroxylation is 2. The molecule has 0 spiro atoms. The third-order valence-electron chi connectivity index (χ3n) is 3.34. The summed E-state index contributed by atoms with van der Waals surface area (Å²) in [5.74, 6) is -0.207. The van der Waals surface area contributed by atoms with Crippen LogP contribution < -0.4 is 10.6 Å². The molecule has 0 aliphatic carbocycles. The molecule has 0 saturated heterocycles. The first kappa shape index (κ1) is 14.4. The molecule has 0 amide bonds. The molecule has 0 saturated carbocycles. The van der Waals surface area contributed by atoms with Crippen LogP contribution in [0.25, 0.3) is 0 Å². The van der Waals surface area contributed by atoms with E-state index in [1.165, 1.54) is 28.9 Å². The molecular weight excluding hydrogens is 251 g/mol. The molecule has 2 aromatic rings. The fourth-order valence-corrected chi connectivity index (χ4v) is 2.24. The lowest BCUT2D eigenvalue weighted by atomic mass is 10.1. The molecule has 0 aliphatic heterocycles. The third-order valence-corrected chi connectivity index (χ3v) is 3.34. The van der Waals surface area contributed by atoms with Gasteiger partial charge in [-0.05, 0) is 48.7 Å². The van der Waals surface area contributed by atoms with Gasteiger partial charge in [0.2, 0.25) is 0 Å². The summed E-state index contributed by atoms with van der Waals surface area (Å²) in [5, 5.41) is 6.75. The summed E-state index contributed by atoms with van der Waals surface area (Å²) in [6.45, 7) is 5.91. The van der Waals surface area contributed by atoms with Crippen LogP contribution in [0.3, 0.4) is 0 Å². The molecule has 0 bridgehead atoms. The lowest BCUT2D eigenvalue weighted by Gasteiger charge is -2.14. The van der Waals surface area contributed by atoms with Crippen LogP contribution in [-0.2, 0) is 6.42 Å². The first-order valence-corrected chi connectivity index (χ1v) is 7.02. The van der Waals surface area contributed by atoms with Crippen LogP contribution in [-0.4, -0.2) is 13.1 Å². The highest BCUT2D eigenvalue weighted by Crippen LogP contribution is 2.20. The van der Waals surface area contributed by atoms with Gasteiger partial charge in [-0.2, -0.15) is 0 Å². The van der Waals surface area contributed by atoms with Crippen LogP contribution in [0.5, 0.6) is 0 Å². The van der Waals surface area contributed by atoms with Crippen molar-refractivity contribution in [1.82, 2.24) is 0 Å². The summed E-state index contributed by atoms with van der Waals surface area (Å²) in [6.07, 6.45) is 1.02. The lowest BCUT2D eigenvalue weighted by Crippen LogP contribution is -2.15. The smallest absolute Gasteiger partial charge is 0.123 e. The Morgan fingerprint density at radius 3 is 2.35 bits per heavy atom. The van der Waals surface area contributed by atoms with Gasteiger partial charge in [-0.15, -0.1) is 0 Å². The Balaban J connectivity index is 1.86. The fourth-order valence-electron chi connectivity index (χ4n) is 2.24. The van der Waals surface area contributed by atoms with Gasteiger partial charge in [0, 0.05) is 24.5 Å². The molecule has 0 fully saturated rings. The number of hydrogen-bond donors (Lipinski definition) is 2. The molecule has 2 N–H and O–H groups in total. The standard InChI is InChI=1S/C17H21FN2/c1-3-14-6-4-5-13(2)17(14)20-12-11-19-16-9-7-15(18)8-10-16/h4-10,19-20H,3,11-12H2,1-2H3. The molecule has 2 nitrogen and oxygen atoms in total. The average Bonchev–Trinajstić information content (AvgIpc) is 2.46. The molecule has 0 atom stereocenters. The zero-order valence-corrected chi connectivity index (χ0v) is 12.0. The van der Waals surface area contributed by atoms with Crippen molar-refractivity contribution in [1.29, 1.82) is 0 Å². The summed E-state index contributed by atoms with van der Waals surface area (Å²) in [5.41, 5.74) is 4.78. The van der Waals surface area contributed by atoms with Crippen LogP contribution in [0.15, 0.2) is 42.5 Å². The van der Waals surface area contributed by atoms with Crippen LogP contribution in [0.2, 0.25) is 0 Å². The second-order valence-electron chi connectivity index (χ2n) is 4.82. The maximum absolute atomic E-state index is 12.8. The van der Waals surface area contributed by atoms with E-state index in [0.29, 0.717) is 0 Å². The van der Waals surface area contributed by atoms with Gasteiger partial charge < -0.3 is 10.6 Å². The van der Waals surface area contributed by atoms with Gasteiger partial charge in [0.15, 0.2) is 0 Å². The number of nitrogens with one attached hydrogen (secondary N) is 2. The molecule has 2 aromatic carbocycles. The summed E-state index contributed by atoms with van der Waals surface area (Å²) >= 11 is 0. The fraction of sp³-hybridized carbons (Fsp3) is 0.294. The minimum absolute atomic E-state index is 0.207. The molecule has 0 unspecified atom stereocenters. The number of anilines is 2. The van der Waals surface area contributed by atoms with Crippen molar-refractivity contribution in [3.63, 3.8) is 0 Å². The molecule has 3 heteroatoms. The van der Waals surface area contributed by atoms with Crippen LogP contribution in [0, 0.1) is 12.7 Å². The highest BCUT2D eigenvalue weighted by molar-refractivity contribution is 5.57. The molecule has 20 heavy (non-hydrogen) atoms. The predicted octanol–water partition coefficient (Wildman–Crippen LogP) is 4.22. The highest BCUT2D eigenvalue weighted by atomic mass is 19.1. The third kappa shape index (κ3) is 3.73. The van der Waals surface area contributed by atoms with Crippen molar-refractivity contribution < 1.29 is 4.39 Å². The van der Waals surface area contributed by atoms with Gasteiger partial charge in [0.25, 0.3) is 0 Å². The van der Waals surface area contributed by atoms with Gasteiger partial charge in [0.05, 0.1) is 0 Å². The zero-order chi connectivity index (χ0) is 14.4.